The normalized spacial score (nSPS) is 25.6. The highest BCUT2D eigenvalue weighted by Gasteiger charge is 2.33. The Balaban J connectivity index is 1.26. The second kappa shape index (κ2) is 5.62. The van der Waals surface area contributed by atoms with Crippen LogP contribution in [0.3, 0.4) is 0 Å². The Labute approximate surface area is 128 Å². The zero-order valence-corrected chi connectivity index (χ0v) is 13.1. The molecule has 1 unspecified atom stereocenters. The van der Waals surface area contributed by atoms with E-state index in [2.05, 4.69) is 40.4 Å². The third-order valence-electron chi connectivity index (χ3n) is 5.41. The van der Waals surface area contributed by atoms with E-state index in [0.717, 1.165) is 18.5 Å². The molecule has 0 spiro atoms. The molecule has 1 aliphatic carbocycles. The van der Waals surface area contributed by atoms with Crippen LogP contribution in [0, 0.1) is 5.92 Å². The van der Waals surface area contributed by atoms with Crippen molar-refractivity contribution in [3.63, 3.8) is 0 Å². The number of nitrogens with zero attached hydrogens (tertiary/aromatic N) is 2. The van der Waals surface area contributed by atoms with Crippen molar-refractivity contribution in [1.82, 2.24) is 10.2 Å². The molecule has 2 heterocycles. The third kappa shape index (κ3) is 2.95. The molecule has 3 heteroatoms. The standard InChI is InChI=1S/C18H27N3/c1-20-8-7-16-10-14(2-5-18(16)20)11-19-12-15-6-9-21(13-15)17-3-4-17/h2,5,10,15,17,19H,3-4,6-9,11-13H2,1H3. The first-order valence-electron chi connectivity index (χ1n) is 8.57. The topological polar surface area (TPSA) is 18.5 Å². The molecular weight excluding hydrogens is 258 g/mol. The summed E-state index contributed by atoms with van der Waals surface area (Å²) in [5.74, 6) is 0.867. The van der Waals surface area contributed by atoms with Gasteiger partial charge in [-0.15, -0.1) is 0 Å². The summed E-state index contributed by atoms with van der Waals surface area (Å²) in [4.78, 5) is 5.06. The molecule has 0 bridgehead atoms. The van der Waals surface area contributed by atoms with Gasteiger partial charge < -0.3 is 15.1 Å². The molecule has 2 aliphatic heterocycles. The largest absolute Gasteiger partial charge is 0.374 e. The molecule has 1 N–H and O–H groups in total. The first kappa shape index (κ1) is 13.6. The van der Waals surface area contributed by atoms with Crippen molar-refractivity contribution in [2.45, 2.75) is 38.3 Å². The van der Waals surface area contributed by atoms with Crippen molar-refractivity contribution < 1.29 is 0 Å². The number of benzene rings is 1. The number of fused-ring (bicyclic) bond motifs is 1. The molecule has 2 fully saturated rings. The van der Waals surface area contributed by atoms with Crippen LogP contribution in [0.1, 0.15) is 30.4 Å². The van der Waals surface area contributed by atoms with Gasteiger partial charge in [0.1, 0.15) is 0 Å². The fraction of sp³-hybridized carbons (Fsp3) is 0.667. The van der Waals surface area contributed by atoms with Gasteiger partial charge in [-0.25, -0.2) is 0 Å². The van der Waals surface area contributed by atoms with Crippen LogP contribution in [-0.4, -0.2) is 44.2 Å². The third-order valence-corrected chi connectivity index (χ3v) is 5.41. The highest BCUT2D eigenvalue weighted by molar-refractivity contribution is 5.58. The zero-order chi connectivity index (χ0) is 14.2. The number of nitrogens with one attached hydrogen (secondary N) is 1. The number of rotatable bonds is 5. The Bertz CT molecular complexity index is 509. The van der Waals surface area contributed by atoms with Gasteiger partial charge in [0.2, 0.25) is 0 Å². The summed E-state index contributed by atoms with van der Waals surface area (Å²) in [6.45, 7) is 6.04. The predicted molar refractivity (Wildman–Crippen MR) is 87.8 cm³/mol. The molecule has 1 saturated carbocycles. The quantitative estimate of drug-likeness (QED) is 0.895. The Kier molecular flexibility index (Phi) is 3.64. The molecule has 21 heavy (non-hydrogen) atoms. The van der Waals surface area contributed by atoms with Gasteiger partial charge in [0.25, 0.3) is 0 Å². The first-order chi connectivity index (χ1) is 10.3. The fourth-order valence-corrected chi connectivity index (χ4v) is 3.95. The molecule has 3 nitrogen and oxygen atoms in total. The van der Waals surface area contributed by atoms with E-state index in [1.807, 2.05) is 0 Å². The lowest BCUT2D eigenvalue weighted by Gasteiger charge is -2.15. The lowest BCUT2D eigenvalue weighted by molar-refractivity contribution is 0.312. The first-order valence-corrected chi connectivity index (χ1v) is 8.57. The Hall–Kier alpha value is -1.06. The van der Waals surface area contributed by atoms with Crippen molar-refractivity contribution in [1.29, 1.82) is 0 Å². The van der Waals surface area contributed by atoms with Crippen LogP contribution in [0.15, 0.2) is 18.2 Å². The van der Waals surface area contributed by atoms with Crippen LogP contribution in [0.5, 0.6) is 0 Å². The van der Waals surface area contributed by atoms with Crippen molar-refractivity contribution >= 4 is 5.69 Å². The van der Waals surface area contributed by atoms with Gasteiger partial charge >= 0.3 is 0 Å². The summed E-state index contributed by atoms with van der Waals surface area (Å²) in [5.41, 5.74) is 4.40. The molecule has 1 aromatic rings. The molecule has 0 radical (unpaired) electrons. The van der Waals surface area contributed by atoms with Crippen LogP contribution in [0.25, 0.3) is 0 Å². The van der Waals surface area contributed by atoms with E-state index >= 15 is 0 Å². The van der Waals surface area contributed by atoms with Crippen LogP contribution >= 0.6 is 0 Å². The summed E-state index contributed by atoms with van der Waals surface area (Å²) >= 11 is 0. The number of hydrogen-bond acceptors (Lipinski definition) is 3. The maximum atomic E-state index is 3.69. The van der Waals surface area contributed by atoms with E-state index in [1.54, 1.807) is 0 Å². The Morgan fingerprint density at radius 1 is 1.19 bits per heavy atom. The molecule has 1 atom stereocenters. The molecule has 4 rings (SSSR count). The van der Waals surface area contributed by atoms with Gasteiger partial charge in [0, 0.05) is 38.4 Å². The molecular formula is C18H27N3. The van der Waals surface area contributed by atoms with Gasteiger partial charge in [0.15, 0.2) is 0 Å². The van der Waals surface area contributed by atoms with Crippen LogP contribution < -0.4 is 10.2 Å². The van der Waals surface area contributed by atoms with Crippen LogP contribution in [-0.2, 0) is 13.0 Å². The van der Waals surface area contributed by atoms with Gasteiger partial charge in [-0.1, -0.05) is 12.1 Å². The minimum absolute atomic E-state index is 0.867. The van der Waals surface area contributed by atoms with E-state index in [0.29, 0.717) is 0 Å². The van der Waals surface area contributed by atoms with E-state index in [9.17, 15) is 0 Å². The Morgan fingerprint density at radius 3 is 2.95 bits per heavy atom. The summed E-state index contributed by atoms with van der Waals surface area (Å²) in [6, 6.07) is 7.93. The van der Waals surface area contributed by atoms with Gasteiger partial charge in [-0.2, -0.15) is 0 Å². The Morgan fingerprint density at radius 2 is 2.10 bits per heavy atom. The summed E-state index contributed by atoms with van der Waals surface area (Å²) in [6.07, 6.45) is 5.49. The summed E-state index contributed by atoms with van der Waals surface area (Å²) in [5, 5.41) is 3.69. The summed E-state index contributed by atoms with van der Waals surface area (Å²) in [7, 11) is 2.19. The van der Waals surface area contributed by atoms with Gasteiger partial charge in [-0.3, -0.25) is 0 Å². The number of anilines is 1. The highest BCUT2D eigenvalue weighted by Crippen LogP contribution is 2.31. The van der Waals surface area contributed by atoms with Gasteiger partial charge in [0.05, 0.1) is 0 Å². The lowest BCUT2D eigenvalue weighted by Crippen LogP contribution is -2.27. The van der Waals surface area contributed by atoms with Crippen molar-refractivity contribution in [2.75, 3.05) is 38.1 Å². The molecule has 0 aromatic heterocycles. The average molecular weight is 285 g/mol. The fourth-order valence-electron chi connectivity index (χ4n) is 3.95. The smallest absolute Gasteiger partial charge is 0.0397 e. The summed E-state index contributed by atoms with van der Waals surface area (Å²) < 4.78 is 0. The monoisotopic (exact) mass is 285 g/mol. The molecule has 114 valence electrons. The second-order valence-corrected chi connectivity index (χ2v) is 7.15. The maximum Gasteiger partial charge on any atom is 0.0397 e. The second-order valence-electron chi connectivity index (χ2n) is 7.15. The average Bonchev–Trinajstić information content (AvgIpc) is 3.14. The minimum Gasteiger partial charge on any atom is -0.374 e. The van der Waals surface area contributed by atoms with Crippen LogP contribution in [0.2, 0.25) is 0 Å². The van der Waals surface area contributed by atoms with Crippen molar-refractivity contribution in [3.05, 3.63) is 29.3 Å². The zero-order valence-electron chi connectivity index (χ0n) is 13.1. The maximum absolute atomic E-state index is 3.69. The lowest BCUT2D eigenvalue weighted by atomic mass is 10.1. The highest BCUT2D eigenvalue weighted by atomic mass is 15.2. The van der Waals surface area contributed by atoms with E-state index in [4.69, 9.17) is 0 Å². The number of hydrogen-bond donors (Lipinski definition) is 1. The van der Waals surface area contributed by atoms with E-state index in [1.165, 1.54) is 68.7 Å². The van der Waals surface area contributed by atoms with E-state index < -0.39 is 0 Å². The molecule has 1 saturated heterocycles. The van der Waals surface area contributed by atoms with Gasteiger partial charge in [-0.05, 0) is 61.9 Å². The van der Waals surface area contributed by atoms with Crippen LogP contribution in [0.4, 0.5) is 5.69 Å². The van der Waals surface area contributed by atoms with E-state index in [-0.39, 0.29) is 0 Å². The number of likely N-dealkylation sites (N-methyl/N-ethyl adjacent to an activating group) is 1. The van der Waals surface area contributed by atoms with Crippen molar-refractivity contribution in [3.8, 4) is 0 Å². The molecule has 3 aliphatic rings. The molecule has 1 aromatic carbocycles. The number of likely N-dealkylation sites (tertiary alicyclic amines) is 1. The minimum atomic E-state index is 0.867. The van der Waals surface area contributed by atoms with Crippen molar-refractivity contribution in [2.24, 2.45) is 5.92 Å². The SMILES string of the molecule is CN1CCc2cc(CNCC3CCN(C4CC4)C3)ccc21. The predicted octanol–water partition coefficient (Wildman–Crippen LogP) is 2.25. The molecule has 0 amide bonds.